The average molecular weight is 407 g/mol. The third-order valence-corrected chi connectivity index (χ3v) is 5.92. The molecule has 5 heteroatoms. The number of halogens is 1. The minimum Gasteiger partial charge on any atom is -0.359 e. The fourth-order valence-electron chi connectivity index (χ4n) is 3.22. The zero-order valence-electron chi connectivity index (χ0n) is 15.5. The predicted octanol–water partition coefficient (Wildman–Crippen LogP) is 6.79. The van der Waals surface area contributed by atoms with Crippen molar-refractivity contribution in [2.75, 3.05) is 4.72 Å². The van der Waals surface area contributed by atoms with Gasteiger partial charge in [-0.1, -0.05) is 41.9 Å². The molecule has 140 valence electrons. The SMILES string of the molecule is Cc1ccccc1C(=O)c1ccc(SNc2ccc(C)c3cc[nH]c23)cc1Cl. The van der Waals surface area contributed by atoms with Crippen molar-refractivity contribution in [1.82, 2.24) is 4.98 Å². The second kappa shape index (κ2) is 7.74. The van der Waals surface area contributed by atoms with Gasteiger partial charge in [-0.05, 0) is 67.3 Å². The van der Waals surface area contributed by atoms with Crippen molar-refractivity contribution in [3.8, 4) is 0 Å². The number of carbonyl (C=O) groups excluding carboxylic acids is 1. The van der Waals surface area contributed by atoms with Gasteiger partial charge in [0.15, 0.2) is 5.78 Å². The molecule has 4 aromatic rings. The van der Waals surface area contributed by atoms with Crippen LogP contribution in [-0.4, -0.2) is 10.8 Å². The number of hydrogen-bond acceptors (Lipinski definition) is 3. The summed E-state index contributed by atoms with van der Waals surface area (Å²) in [6, 6.07) is 19.3. The van der Waals surface area contributed by atoms with Gasteiger partial charge in [-0.2, -0.15) is 0 Å². The summed E-state index contributed by atoms with van der Waals surface area (Å²) in [5, 5.41) is 1.65. The lowest BCUT2D eigenvalue weighted by Crippen LogP contribution is -2.04. The molecular formula is C23H19ClN2OS. The quantitative estimate of drug-likeness (QED) is 0.283. The first-order chi connectivity index (χ1) is 13.5. The zero-order chi connectivity index (χ0) is 19.7. The van der Waals surface area contributed by atoms with Crippen molar-refractivity contribution >= 4 is 45.9 Å². The molecule has 0 unspecified atom stereocenters. The van der Waals surface area contributed by atoms with Crippen LogP contribution < -0.4 is 4.72 Å². The van der Waals surface area contributed by atoms with E-state index in [9.17, 15) is 4.79 Å². The van der Waals surface area contributed by atoms with Crippen LogP contribution in [0, 0.1) is 13.8 Å². The van der Waals surface area contributed by atoms with E-state index in [0.717, 1.165) is 21.7 Å². The summed E-state index contributed by atoms with van der Waals surface area (Å²) in [6.45, 7) is 4.02. The van der Waals surface area contributed by atoms with Crippen molar-refractivity contribution < 1.29 is 4.79 Å². The lowest BCUT2D eigenvalue weighted by atomic mass is 9.99. The number of rotatable bonds is 5. The Morgan fingerprint density at radius 1 is 0.964 bits per heavy atom. The van der Waals surface area contributed by atoms with Crippen LogP contribution in [0.1, 0.15) is 27.0 Å². The fourth-order valence-corrected chi connectivity index (χ4v) is 4.26. The van der Waals surface area contributed by atoms with E-state index in [4.69, 9.17) is 11.6 Å². The van der Waals surface area contributed by atoms with E-state index in [-0.39, 0.29) is 5.78 Å². The average Bonchev–Trinajstić information content (AvgIpc) is 3.18. The molecule has 2 N–H and O–H groups in total. The summed E-state index contributed by atoms with van der Waals surface area (Å²) in [6.07, 6.45) is 1.94. The molecule has 0 amide bonds. The van der Waals surface area contributed by atoms with E-state index < -0.39 is 0 Å². The lowest BCUT2D eigenvalue weighted by Gasteiger charge is -2.10. The Kier molecular flexibility index (Phi) is 5.16. The van der Waals surface area contributed by atoms with Crippen LogP contribution in [0.4, 0.5) is 5.69 Å². The van der Waals surface area contributed by atoms with Crippen LogP contribution in [0.2, 0.25) is 5.02 Å². The summed E-state index contributed by atoms with van der Waals surface area (Å²) in [7, 11) is 0. The maximum absolute atomic E-state index is 12.8. The standard InChI is InChI=1S/C23H19ClN2OS/c1-14-5-3-4-6-18(14)23(27)19-9-8-16(13-20(19)24)28-26-21-10-7-15(2)17-11-12-25-22(17)21/h3-13,25-26H,1-2H3. The van der Waals surface area contributed by atoms with Gasteiger partial charge in [0.05, 0.1) is 16.2 Å². The number of nitrogens with one attached hydrogen (secondary N) is 2. The molecule has 0 aliphatic rings. The normalized spacial score (nSPS) is 11.0. The monoisotopic (exact) mass is 406 g/mol. The number of benzene rings is 3. The highest BCUT2D eigenvalue weighted by Gasteiger charge is 2.15. The Hall–Kier alpha value is -2.69. The first-order valence-corrected chi connectivity index (χ1v) is 10.1. The van der Waals surface area contributed by atoms with Gasteiger partial charge in [-0.3, -0.25) is 4.79 Å². The van der Waals surface area contributed by atoms with Crippen molar-refractivity contribution in [3.63, 3.8) is 0 Å². The number of aromatic amines is 1. The van der Waals surface area contributed by atoms with Crippen molar-refractivity contribution in [2.24, 2.45) is 0 Å². The summed E-state index contributed by atoms with van der Waals surface area (Å²) >= 11 is 7.90. The van der Waals surface area contributed by atoms with Gasteiger partial charge in [-0.25, -0.2) is 0 Å². The number of ketones is 1. The van der Waals surface area contributed by atoms with Crippen LogP contribution in [0.25, 0.3) is 10.9 Å². The smallest absolute Gasteiger partial charge is 0.194 e. The highest BCUT2D eigenvalue weighted by molar-refractivity contribution is 8.00. The Morgan fingerprint density at radius 3 is 2.57 bits per heavy atom. The van der Waals surface area contributed by atoms with Crippen LogP contribution in [0.15, 0.2) is 71.8 Å². The molecule has 0 saturated heterocycles. The molecule has 1 aromatic heterocycles. The van der Waals surface area contributed by atoms with Gasteiger partial charge in [0.2, 0.25) is 0 Å². The summed E-state index contributed by atoms with van der Waals surface area (Å²) in [5.74, 6) is -0.0563. The molecular weight excluding hydrogens is 388 g/mol. The van der Waals surface area contributed by atoms with Gasteiger partial charge in [0.1, 0.15) is 0 Å². The van der Waals surface area contributed by atoms with Gasteiger partial charge in [0.25, 0.3) is 0 Å². The maximum Gasteiger partial charge on any atom is 0.194 e. The number of aryl methyl sites for hydroxylation is 2. The molecule has 3 aromatic carbocycles. The number of anilines is 1. The Labute approximate surface area is 173 Å². The Morgan fingerprint density at radius 2 is 1.79 bits per heavy atom. The second-order valence-electron chi connectivity index (χ2n) is 6.69. The van der Waals surface area contributed by atoms with Gasteiger partial charge in [-0.15, -0.1) is 0 Å². The van der Waals surface area contributed by atoms with Crippen molar-refractivity contribution in [3.05, 3.63) is 94.1 Å². The van der Waals surface area contributed by atoms with Crippen LogP contribution in [-0.2, 0) is 0 Å². The molecule has 4 rings (SSSR count). The maximum atomic E-state index is 12.8. The lowest BCUT2D eigenvalue weighted by molar-refractivity contribution is 0.103. The Balaban J connectivity index is 1.55. The Bertz CT molecular complexity index is 1180. The zero-order valence-corrected chi connectivity index (χ0v) is 17.1. The molecule has 0 aliphatic heterocycles. The molecule has 28 heavy (non-hydrogen) atoms. The fraction of sp³-hybridized carbons (Fsp3) is 0.0870. The van der Waals surface area contributed by atoms with Gasteiger partial charge < -0.3 is 9.71 Å². The van der Waals surface area contributed by atoms with Crippen molar-refractivity contribution in [2.45, 2.75) is 18.7 Å². The molecule has 0 atom stereocenters. The van der Waals surface area contributed by atoms with Gasteiger partial charge in [0, 0.05) is 27.6 Å². The molecule has 0 spiro atoms. The highest BCUT2D eigenvalue weighted by atomic mass is 35.5. The molecule has 0 radical (unpaired) electrons. The molecule has 0 bridgehead atoms. The van der Waals surface area contributed by atoms with E-state index in [2.05, 4.69) is 34.8 Å². The number of fused-ring (bicyclic) bond motifs is 1. The van der Waals surface area contributed by atoms with E-state index in [0.29, 0.717) is 16.1 Å². The molecule has 1 heterocycles. The summed E-state index contributed by atoms with van der Waals surface area (Å²) in [5.41, 5.74) is 5.45. The minimum atomic E-state index is -0.0563. The van der Waals surface area contributed by atoms with Crippen LogP contribution >= 0.6 is 23.5 Å². The van der Waals surface area contributed by atoms with Crippen LogP contribution in [0.5, 0.6) is 0 Å². The predicted molar refractivity (Wildman–Crippen MR) is 119 cm³/mol. The second-order valence-corrected chi connectivity index (χ2v) is 7.97. The number of aromatic nitrogens is 1. The molecule has 0 aliphatic carbocycles. The van der Waals surface area contributed by atoms with Crippen molar-refractivity contribution in [1.29, 1.82) is 0 Å². The summed E-state index contributed by atoms with van der Waals surface area (Å²) < 4.78 is 3.38. The first kappa shape index (κ1) is 18.7. The van der Waals surface area contributed by atoms with E-state index >= 15 is 0 Å². The van der Waals surface area contributed by atoms with E-state index in [1.54, 1.807) is 6.07 Å². The number of hydrogen-bond donors (Lipinski definition) is 2. The molecule has 0 saturated carbocycles. The third-order valence-electron chi connectivity index (χ3n) is 4.79. The van der Waals surface area contributed by atoms with Crippen LogP contribution in [0.3, 0.4) is 0 Å². The number of H-pyrrole nitrogens is 1. The largest absolute Gasteiger partial charge is 0.359 e. The third kappa shape index (κ3) is 3.53. The minimum absolute atomic E-state index is 0.0563. The van der Waals surface area contributed by atoms with E-state index in [1.165, 1.54) is 22.9 Å². The summed E-state index contributed by atoms with van der Waals surface area (Å²) in [4.78, 5) is 17.0. The first-order valence-electron chi connectivity index (χ1n) is 8.94. The number of carbonyl (C=O) groups is 1. The topological polar surface area (TPSA) is 44.9 Å². The van der Waals surface area contributed by atoms with E-state index in [1.807, 2.05) is 49.5 Å². The highest BCUT2D eigenvalue weighted by Crippen LogP contribution is 2.31. The molecule has 0 fully saturated rings. The molecule has 3 nitrogen and oxygen atoms in total. The van der Waals surface area contributed by atoms with Gasteiger partial charge >= 0.3 is 0 Å².